The third kappa shape index (κ3) is 4.36. The zero-order valence-corrected chi connectivity index (χ0v) is 8.31. The molecule has 0 radical (unpaired) electrons. The molecule has 2 N–H and O–H groups in total. The lowest BCUT2D eigenvalue weighted by Gasteiger charge is -1.96. The van der Waals surface area contributed by atoms with Crippen molar-refractivity contribution in [3.63, 3.8) is 0 Å². The Bertz CT molecular complexity index is 412. The molecule has 16 heavy (non-hydrogen) atoms. The first kappa shape index (κ1) is 11.9. The molecule has 0 aliphatic heterocycles. The molecule has 0 bridgehead atoms. The summed E-state index contributed by atoms with van der Waals surface area (Å²) >= 11 is 0. The lowest BCUT2D eigenvalue weighted by molar-refractivity contribution is -0.137. The number of carbonyl (C=O) groups is 2. The fraction of sp³-hybridized carbons (Fsp3) is 0.0909. The Balaban J connectivity index is 2.50. The van der Waals surface area contributed by atoms with Crippen LogP contribution in [0, 0.1) is 5.82 Å². The number of carboxylic acids is 1. The van der Waals surface area contributed by atoms with E-state index in [0.717, 1.165) is 0 Å². The van der Waals surface area contributed by atoms with Crippen LogP contribution in [0.1, 0.15) is 5.56 Å². The molecule has 0 aliphatic rings. The number of hydrogen-bond donors (Lipinski definition) is 2. The van der Waals surface area contributed by atoms with Crippen LogP contribution in [-0.2, 0) is 9.59 Å². The Morgan fingerprint density at radius 2 is 1.94 bits per heavy atom. The molecular formula is C11H10FNO3. The highest BCUT2D eigenvalue weighted by atomic mass is 19.1. The van der Waals surface area contributed by atoms with Crippen LogP contribution in [0.4, 0.5) is 4.39 Å². The molecule has 0 unspecified atom stereocenters. The van der Waals surface area contributed by atoms with Gasteiger partial charge in [-0.3, -0.25) is 9.59 Å². The van der Waals surface area contributed by atoms with Crippen LogP contribution in [-0.4, -0.2) is 23.5 Å². The normalized spacial score (nSPS) is 10.3. The minimum absolute atomic E-state index is 0.354. The summed E-state index contributed by atoms with van der Waals surface area (Å²) in [6, 6.07) is 5.57. The van der Waals surface area contributed by atoms with Crippen LogP contribution in [0.25, 0.3) is 6.08 Å². The molecule has 1 aromatic carbocycles. The van der Waals surface area contributed by atoms with Gasteiger partial charge < -0.3 is 10.4 Å². The van der Waals surface area contributed by atoms with E-state index in [-0.39, 0.29) is 5.82 Å². The molecule has 1 rings (SSSR count). The summed E-state index contributed by atoms with van der Waals surface area (Å²) in [5.41, 5.74) is 0.659. The standard InChI is InChI=1S/C11H10FNO3/c12-9-4-1-8(2-5-9)3-6-10(14)13-7-11(15)16/h1-6H,7H2,(H,13,14)(H,15,16). The van der Waals surface area contributed by atoms with Crippen LogP contribution >= 0.6 is 0 Å². The average Bonchev–Trinajstić information content (AvgIpc) is 2.25. The Morgan fingerprint density at radius 3 is 2.50 bits per heavy atom. The van der Waals surface area contributed by atoms with Crippen LogP contribution in [0.2, 0.25) is 0 Å². The third-order valence-electron chi connectivity index (χ3n) is 1.71. The van der Waals surface area contributed by atoms with Gasteiger partial charge in [-0.15, -0.1) is 0 Å². The van der Waals surface area contributed by atoms with Crippen molar-refractivity contribution in [3.05, 3.63) is 41.7 Å². The Hall–Kier alpha value is -2.17. The SMILES string of the molecule is O=C(O)CNC(=O)C=Cc1ccc(F)cc1. The van der Waals surface area contributed by atoms with Crippen LogP contribution in [0.5, 0.6) is 0 Å². The van der Waals surface area contributed by atoms with E-state index in [0.29, 0.717) is 5.56 Å². The molecule has 0 atom stereocenters. The van der Waals surface area contributed by atoms with E-state index >= 15 is 0 Å². The van der Waals surface area contributed by atoms with Crippen molar-refractivity contribution in [2.45, 2.75) is 0 Å². The number of hydrogen-bond acceptors (Lipinski definition) is 2. The summed E-state index contributed by atoms with van der Waals surface area (Å²) in [5, 5.41) is 10.5. The summed E-state index contributed by atoms with van der Waals surface area (Å²) < 4.78 is 12.5. The highest BCUT2D eigenvalue weighted by Crippen LogP contribution is 2.04. The van der Waals surface area contributed by atoms with Gasteiger partial charge in [0.15, 0.2) is 0 Å². The van der Waals surface area contributed by atoms with Crippen molar-refractivity contribution in [2.75, 3.05) is 6.54 Å². The van der Waals surface area contributed by atoms with Crippen molar-refractivity contribution in [2.24, 2.45) is 0 Å². The van der Waals surface area contributed by atoms with Crippen LogP contribution in [0.3, 0.4) is 0 Å². The quantitative estimate of drug-likeness (QED) is 0.749. The Kier molecular flexibility index (Phi) is 4.20. The molecule has 0 aromatic heterocycles. The number of amides is 1. The number of carboxylic acid groups (broad SMARTS) is 1. The van der Waals surface area contributed by atoms with E-state index in [4.69, 9.17) is 5.11 Å². The second-order valence-electron chi connectivity index (χ2n) is 3.00. The maximum absolute atomic E-state index is 12.5. The van der Waals surface area contributed by atoms with Crippen molar-refractivity contribution in [1.29, 1.82) is 0 Å². The van der Waals surface area contributed by atoms with Gasteiger partial charge in [0.2, 0.25) is 5.91 Å². The molecule has 0 heterocycles. The van der Waals surface area contributed by atoms with E-state index in [9.17, 15) is 14.0 Å². The highest BCUT2D eigenvalue weighted by Gasteiger charge is 1.98. The molecule has 0 fully saturated rings. The first-order chi connectivity index (χ1) is 7.58. The van der Waals surface area contributed by atoms with Gasteiger partial charge in [-0.2, -0.15) is 0 Å². The number of rotatable bonds is 4. The van der Waals surface area contributed by atoms with E-state index in [1.807, 2.05) is 0 Å². The van der Waals surface area contributed by atoms with Crippen LogP contribution < -0.4 is 5.32 Å². The fourth-order valence-electron chi connectivity index (χ4n) is 0.967. The number of halogens is 1. The van der Waals surface area contributed by atoms with E-state index in [2.05, 4.69) is 5.32 Å². The number of benzene rings is 1. The molecule has 1 amide bonds. The van der Waals surface area contributed by atoms with Crippen molar-refractivity contribution < 1.29 is 19.1 Å². The predicted molar refractivity (Wildman–Crippen MR) is 56.1 cm³/mol. The summed E-state index contributed by atoms with van der Waals surface area (Å²) in [4.78, 5) is 21.2. The number of nitrogens with one attached hydrogen (secondary N) is 1. The summed E-state index contributed by atoms with van der Waals surface area (Å²) in [6.07, 6.45) is 2.66. The van der Waals surface area contributed by atoms with Gasteiger partial charge >= 0.3 is 5.97 Å². The molecule has 0 saturated heterocycles. The average molecular weight is 223 g/mol. The first-order valence-electron chi connectivity index (χ1n) is 4.51. The lowest BCUT2D eigenvalue weighted by Crippen LogP contribution is -2.27. The smallest absolute Gasteiger partial charge is 0.322 e. The number of carbonyl (C=O) groups excluding carboxylic acids is 1. The molecule has 1 aromatic rings. The first-order valence-corrected chi connectivity index (χ1v) is 4.51. The summed E-state index contributed by atoms with van der Waals surface area (Å²) in [5.74, 6) is -1.97. The molecule has 0 aliphatic carbocycles. The zero-order chi connectivity index (χ0) is 12.0. The monoisotopic (exact) mass is 223 g/mol. The predicted octanol–water partition coefficient (Wildman–Crippen LogP) is 1.04. The van der Waals surface area contributed by atoms with Crippen molar-refractivity contribution >= 4 is 18.0 Å². The topological polar surface area (TPSA) is 66.4 Å². The highest BCUT2D eigenvalue weighted by molar-refractivity contribution is 5.93. The van der Waals surface area contributed by atoms with Gasteiger partial charge in [0.25, 0.3) is 0 Å². The van der Waals surface area contributed by atoms with E-state index in [1.165, 1.54) is 36.4 Å². The van der Waals surface area contributed by atoms with Gasteiger partial charge in [-0.05, 0) is 23.8 Å². The minimum atomic E-state index is -1.11. The summed E-state index contributed by atoms with van der Waals surface area (Å²) in [7, 11) is 0. The molecule has 5 heteroatoms. The lowest BCUT2D eigenvalue weighted by atomic mass is 10.2. The van der Waals surface area contributed by atoms with Gasteiger partial charge in [0, 0.05) is 6.08 Å². The van der Waals surface area contributed by atoms with Crippen molar-refractivity contribution in [3.8, 4) is 0 Å². The molecule has 0 spiro atoms. The molecular weight excluding hydrogens is 213 g/mol. The summed E-state index contributed by atoms with van der Waals surface area (Å²) in [6.45, 7) is -0.424. The van der Waals surface area contributed by atoms with E-state index in [1.54, 1.807) is 0 Å². The Labute approximate surface area is 91.4 Å². The van der Waals surface area contributed by atoms with E-state index < -0.39 is 18.4 Å². The minimum Gasteiger partial charge on any atom is -0.480 e. The van der Waals surface area contributed by atoms with Gasteiger partial charge in [-0.1, -0.05) is 12.1 Å². The third-order valence-corrected chi connectivity index (χ3v) is 1.71. The van der Waals surface area contributed by atoms with Gasteiger partial charge in [0.1, 0.15) is 12.4 Å². The fourth-order valence-corrected chi connectivity index (χ4v) is 0.967. The second kappa shape index (κ2) is 5.65. The van der Waals surface area contributed by atoms with Crippen LogP contribution in [0.15, 0.2) is 30.3 Å². The second-order valence-corrected chi connectivity index (χ2v) is 3.00. The maximum atomic E-state index is 12.5. The molecule has 4 nitrogen and oxygen atoms in total. The molecule has 84 valence electrons. The van der Waals surface area contributed by atoms with Gasteiger partial charge in [0.05, 0.1) is 0 Å². The largest absolute Gasteiger partial charge is 0.480 e. The van der Waals surface area contributed by atoms with Gasteiger partial charge in [-0.25, -0.2) is 4.39 Å². The maximum Gasteiger partial charge on any atom is 0.322 e. The zero-order valence-electron chi connectivity index (χ0n) is 8.31. The molecule has 0 saturated carbocycles. The Morgan fingerprint density at radius 1 is 1.31 bits per heavy atom. The number of aliphatic carboxylic acids is 1. The van der Waals surface area contributed by atoms with Crippen molar-refractivity contribution in [1.82, 2.24) is 5.32 Å².